The van der Waals surface area contributed by atoms with E-state index >= 15 is 0 Å². The standard InChI is InChI=1S/C10H14O2/c1-10(2)7(5-6-3-4-6)8(10)9(11)12/h5,7-8H,3-4H2,1-2H3,(H,11,12)/t7-,8-/m1/s1. The molecule has 2 rings (SSSR count). The maximum Gasteiger partial charge on any atom is 0.307 e. The monoisotopic (exact) mass is 166 g/mol. The Bertz CT molecular complexity index is 257. The van der Waals surface area contributed by atoms with Crippen molar-refractivity contribution in [2.24, 2.45) is 17.3 Å². The number of aliphatic carboxylic acids is 1. The van der Waals surface area contributed by atoms with Crippen LogP contribution in [0, 0.1) is 17.3 Å². The van der Waals surface area contributed by atoms with Crippen molar-refractivity contribution in [3.8, 4) is 0 Å². The van der Waals surface area contributed by atoms with Gasteiger partial charge in [0.25, 0.3) is 0 Å². The minimum atomic E-state index is -0.637. The molecule has 0 aromatic carbocycles. The molecule has 2 nitrogen and oxygen atoms in total. The predicted molar refractivity (Wildman–Crippen MR) is 45.7 cm³/mol. The van der Waals surface area contributed by atoms with Crippen LogP contribution in [0.3, 0.4) is 0 Å². The van der Waals surface area contributed by atoms with Gasteiger partial charge in [0.15, 0.2) is 0 Å². The molecule has 0 aliphatic heterocycles. The molecule has 0 heterocycles. The van der Waals surface area contributed by atoms with Gasteiger partial charge in [0.1, 0.15) is 0 Å². The maximum atomic E-state index is 10.8. The average molecular weight is 166 g/mol. The summed E-state index contributed by atoms with van der Waals surface area (Å²) in [5, 5.41) is 8.86. The topological polar surface area (TPSA) is 37.3 Å². The Morgan fingerprint density at radius 2 is 2.17 bits per heavy atom. The zero-order valence-corrected chi connectivity index (χ0v) is 7.50. The summed E-state index contributed by atoms with van der Waals surface area (Å²) in [6, 6.07) is 0. The fraction of sp³-hybridized carbons (Fsp3) is 0.700. The summed E-state index contributed by atoms with van der Waals surface area (Å²) in [5.41, 5.74) is 1.46. The molecule has 0 saturated heterocycles. The van der Waals surface area contributed by atoms with Crippen molar-refractivity contribution in [1.82, 2.24) is 0 Å². The van der Waals surface area contributed by atoms with E-state index in [4.69, 9.17) is 5.11 Å². The minimum absolute atomic E-state index is 0.00141. The van der Waals surface area contributed by atoms with E-state index in [1.54, 1.807) is 0 Å². The van der Waals surface area contributed by atoms with Gasteiger partial charge in [-0.05, 0) is 24.2 Å². The molecule has 66 valence electrons. The van der Waals surface area contributed by atoms with E-state index < -0.39 is 5.97 Å². The van der Waals surface area contributed by atoms with Crippen LogP contribution in [-0.2, 0) is 4.79 Å². The van der Waals surface area contributed by atoms with Gasteiger partial charge in [0.2, 0.25) is 0 Å². The van der Waals surface area contributed by atoms with Crippen LogP contribution < -0.4 is 0 Å². The molecule has 0 bridgehead atoms. The first kappa shape index (κ1) is 7.84. The van der Waals surface area contributed by atoms with Crippen LogP contribution in [0.1, 0.15) is 26.7 Å². The maximum absolute atomic E-state index is 10.8. The van der Waals surface area contributed by atoms with Crippen molar-refractivity contribution in [2.75, 3.05) is 0 Å². The van der Waals surface area contributed by atoms with E-state index in [0.29, 0.717) is 5.92 Å². The van der Waals surface area contributed by atoms with E-state index in [1.807, 2.05) is 13.8 Å². The number of carbonyl (C=O) groups is 1. The van der Waals surface area contributed by atoms with Gasteiger partial charge in [-0.3, -0.25) is 4.79 Å². The van der Waals surface area contributed by atoms with Gasteiger partial charge >= 0.3 is 5.97 Å². The van der Waals surface area contributed by atoms with Crippen molar-refractivity contribution < 1.29 is 9.90 Å². The van der Waals surface area contributed by atoms with E-state index in [9.17, 15) is 4.79 Å². The van der Waals surface area contributed by atoms with Crippen molar-refractivity contribution in [2.45, 2.75) is 26.7 Å². The molecule has 2 aliphatic carbocycles. The minimum Gasteiger partial charge on any atom is -0.481 e. The quantitative estimate of drug-likeness (QED) is 0.637. The number of allylic oxidation sites excluding steroid dienone is 2. The lowest BCUT2D eigenvalue weighted by atomic mass is 10.1. The first-order valence-corrected chi connectivity index (χ1v) is 4.46. The zero-order valence-electron chi connectivity index (χ0n) is 7.50. The Balaban J connectivity index is 2.10. The molecule has 2 saturated carbocycles. The smallest absolute Gasteiger partial charge is 0.307 e. The Morgan fingerprint density at radius 1 is 1.58 bits per heavy atom. The molecule has 0 aromatic heterocycles. The molecule has 0 radical (unpaired) electrons. The summed E-state index contributed by atoms with van der Waals surface area (Å²) >= 11 is 0. The van der Waals surface area contributed by atoms with Crippen LogP contribution in [-0.4, -0.2) is 11.1 Å². The second-order valence-electron chi connectivity index (χ2n) is 4.49. The van der Waals surface area contributed by atoms with Gasteiger partial charge in [-0.1, -0.05) is 25.5 Å². The van der Waals surface area contributed by atoms with Crippen LogP contribution in [0.15, 0.2) is 11.6 Å². The third-order valence-corrected chi connectivity index (χ3v) is 3.13. The normalized spacial score (nSPS) is 36.0. The highest BCUT2D eigenvalue weighted by atomic mass is 16.4. The molecule has 2 fully saturated rings. The fourth-order valence-electron chi connectivity index (χ4n) is 1.95. The highest BCUT2D eigenvalue weighted by Crippen LogP contribution is 2.60. The predicted octanol–water partition coefficient (Wildman–Crippen LogP) is 2.06. The van der Waals surface area contributed by atoms with E-state index in [2.05, 4.69) is 6.08 Å². The van der Waals surface area contributed by atoms with Gasteiger partial charge in [-0.2, -0.15) is 0 Å². The van der Waals surface area contributed by atoms with Gasteiger partial charge in [0.05, 0.1) is 5.92 Å². The Hall–Kier alpha value is -0.790. The highest BCUT2D eigenvalue weighted by Gasteiger charge is 2.61. The Kier molecular flexibility index (Phi) is 1.39. The molecule has 1 N–H and O–H groups in total. The summed E-state index contributed by atoms with van der Waals surface area (Å²) in [5.74, 6) is -0.472. The SMILES string of the molecule is CC1(C)[C@H](C=C2CC2)[C@@H]1C(=O)O. The summed E-state index contributed by atoms with van der Waals surface area (Å²) in [4.78, 5) is 10.8. The summed E-state index contributed by atoms with van der Waals surface area (Å²) < 4.78 is 0. The molecular weight excluding hydrogens is 152 g/mol. The summed E-state index contributed by atoms with van der Waals surface area (Å²) in [7, 11) is 0. The second kappa shape index (κ2) is 2.12. The lowest BCUT2D eigenvalue weighted by Gasteiger charge is -1.95. The Morgan fingerprint density at radius 3 is 2.50 bits per heavy atom. The third kappa shape index (κ3) is 1.06. The van der Waals surface area contributed by atoms with Crippen LogP contribution in [0.5, 0.6) is 0 Å². The van der Waals surface area contributed by atoms with E-state index in [1.165, 1.54) is 18.4 Å². The zero-order chi connectivity index (χ0) is 8.93. The molecule has 2 heteroatoms. The highest BCUT2D eigenvalue weighted by molar-refractivity contribution is 5.76. The largest absolute Gasteiger partial charge is 0.481 e. The first-order chi connectivity index (χ1) is 5.53. The molecule has 0 spiro atoms. The lowest BCUT2D eigenvalue weighted by Crippen LogP contribution is -2.02. The van der Waals surface area contributed by atoms with Crippen LogP contribution in [0.25, 0.3) is 0 Å². The number of hydrogen-bond acceptors (Lipinski definition) is 1. The second-order valence-corrected chi connectivity index (χ2v) is 4.49. The van der Waals surface area contributed by atoms with Crippen LogP contribution >= 0.6 is 0 Å². The number of carboxylic acid groups (broad SMARTS) is 1. The molecule has 0 aromatic rings. The molecular formula is C10H14O2. The van der Waals surface area contributed by atoms with Crippen molar-refractivity contribution in [1.29, 1.82) is 0 Å². The van der Waals surface area contributed by atoms with Crippen molar-refractivity contribution in [3.05, 3.63) is 11.6 Å². The van der Waals surface area contributed by atoms with Crippen molar-refractivity contribution >= 4 is 5.97 Å². The van der Waals surface area contributed by atoms with E-state index in [-0.39, 0.29) is 11.3 Å². The Labute approximate surface area is 72.3 Å². The van der Waals surface area contributed by atoms with Gasteiger partial charge in [0, 0.05) is 0 Å². The molecule has 2 aliphatic rings. The van der Waals surface area contributed by atoms with Gasteiger partial charge < -0.3 is 5.11 Å². The average Bonchev–Trinajstić information content (AvgIpc) is 2.75. The number of rotatable bonds is 2. The number of hydrogen-bond donors (Lipinski definition) is 1. The number of carboxylic acids is 1. The molecule has 2 atom stereocenters. The summed E-state index contributed by atoms with van der Waals surface area (Å²) in [6.45, 7) is 4.08. The van der Waals surface area contributed by atoms with E-state index in [0.717, 1.165) is 0 Å². The van der Waals surface area contributed by atoms with Gasteiger partial charge in [-0.15, -0.1) is 0 Å². The molecule has 12 heavy (non-hydrogen) atoms. The first-order valence-electron chi connectivity index (χ1n) is 4.46. The van der Waals surface area contributed by atoms with Crippen LogP contribution in [0.2, 0.25) is 0 Å². The molecule has 0 amide bonds. The molecule has 0 unspecified atom stereocenters. The fourth-order valence-corrected chi connectivity index (χ4v) is 1.95. The van der Waals surface area contributed by atoms with Gasteiger partial charge in [-0.25, -0.2) is 0 Å². The van der Waals surface area contributed by atoms with Crippen LogP contribution in [0.4, 0.5) is 0 Å². The third-order valence-electron chi connectivity index (χ3n) is 3.13. The lowest BCUT2D eigenvalue weighted by molar-refractivity contribution is -0.139. The van der Waals surface area contributed by atoms with Crippen molar-refractivity contribution in [3.63, 3.8) is 0 Å². The summed E-state index contributed by atoms with van der Waals surface area (Å²) in [6.07, 6.45) is 4.57.